The molecule has 1 aliphatic heterocycles. The quantitative estimate of drug-likeness (QED) is 0.586. The first kappa shape index (κ1) is 18.4. The summed E-state index contributed by atoms with van der Waals surface area (Å²) in [7, 11) is 0. The zero-order valence-electron chi connectivity index (χ0n) is 15.8. The van der Waals surface area contributed by atoms with Crippen LogP contribution in [0.25, 0.3) is 0 Å². The number of amides is 2. The van der Waals surface area contributed by atoms with Gasteiger partial charge in [-0.15, -0.1) is 0 Å². The Kier molecular flexibility index (Phi) is 4.99. The molecule has 5 nitrogen and oxygen atoms in total. The number of ether oxygens (including phenoxy) is 1. The van der Waals surface area contributed by atoms with Crippen molar-refractivity contribution in [2.75, 3.05) is 11.5 Å². The van der Waals surface area contributed by atoms with Gasteiger partial charge in [0.2, 0.25) is 11.8 Å². The van der Waals surface area contributed by atoms with Crippen molar-refractivity contribution in [1.29, 1.82) is 0 Å². The molecule has 0 aromatic heterocycles. The fraction of sp³-hybridized carbons (Fsp3) is 0.348. The number of nitrogens with zero attached hydrogens (tertiary/aromatic N) is 1. The molecule has 3 atom stereocenters. The summed E-state index contributed by atoms with van der Waals surface area (Å²) in [5, 5.41) is 0. The number of carbonyl (C=O) groups excluding carboxylic acids is 3. The van der Waals surface area contributed by atoms with Crippen LogP contribution in [0.2, 0.25) is 0 Å². The second-order valence-corrected chi connectivity index (χ2v) is 7.69. The van der Waals surface area contributed by atoms with Crippen LogP contribution in [0.1, 0.15) is 36.5 Å². The van der Waals surface area contributed by atoms with Crippen LogP contribution in [0.5, 0.6) is 5.75 Å². The Morgan fingerprint density at radius 2 is 1.64 bits per heavy atom. The van der Waals surface area contributed by atoms with Crippen molar-refractivity contribution in [3.05, 3.63) is 60.2 Å². The molecule has 1 saturated carbocycles. The van der Waals surface area contributed by atoms with E-state index in [0.29, 0.717) is 22.9 Å². The van der Waals surface area contributed by atoms with Crippen molar-refractivity contribution in [3.8, 4) is 5.75 Å². The average molecular weight is 377 g/mol. The Balaban J connectivity index is 1.55. The Morgan fingerprint density at radius 3 is 2.43 bits per heavy atom. The minimum absolute atomic E-state index is 0.146. The molecule has 0 spiro atoms. The summed E-state index contributed by atoms with van der Waals surface area (Å²) < 4.78 is 5.74. The molecule has 0 bridgehead atoms. The maximum Gasteiger partial charge on any atom is 0.237 e. The molecule has 0 N–H and O–H groups in total. The smallest absolute Gasteiger partial charge is 0.237 e. The second kappa shape index (κ2) is 7.58. The molecule has 5 heteroatoms. The number of Topliss-reactive ketones (excluding diaryl/α,β-unsaturated/α-hetero) is 1. The second-order valence-electron chi connectivity index (χ2n) is 7.69. The van der Waals surface area contributed by atoms with E-state index in [1.807, 2.05) is 6.07 Å². The molecule has 4 rings (SSSR count). The largest absolute Gasteiger partial charge is 0.483 e. The van der Waals surface area contributed by atoms with E-state index in [-0.39, 0.29) is 36.0 Å². The third-order valence-corrected chi connectivity index (χ3v) is 5.75. The number of benzene rings is 2. The first-order valence-corrected chi connectivity index (χ1v) is 9.74. The number of fused-ring (bicyclic) bond motifs is 1. The topological polar surface area (TPSA) is 63.7 Å². The summed E-state index contributed by atoms with van der Waals surface area (Å²) in [4.78, 5) is 39.6. The number of hydrogen-bond donors (Lipinski definition) is 0. The van der Waals surface area contributed by atoms with Gasteiger partial charge in [0.1, 0.15) is 5.75 Å². The van der Waals surface area contributed by atoms with Gasteiger partial charge in [-0.05, 0) is 37.3 Å². The number of anilines is 1. The molecule has 144 valence electrons. The van der Waals surface area contributed by atoms with Crippen LogP contribution in [0.4, 0.5) is 5.69 Å². The highest BCUT2D eigenvalue weighted by Crippen LogP contribution is 2.44. The first-order valence-electron chi connectivity index (χ1n) is 9.74. The van der Waals surface area contributed by atoms with E-state index < -0.39 is 0 Å². The summed E-state index contributed by atoms with van der Waals surface area (Å²) in [6.07, 6.45) is 2.47. The lowest BCUT2D eigenvalue weighted by Gasteiger charge is -2.25. The fourth-order valence-electron chi connectivity index (χ4n) is 4.24. The predicted molar refractivity (Wildman–Crippen MR) is 105 cm³/mol. The van der Waals surface area contributed by atoms with Crippen LogP contribution < -0.4 is 9.64 Å². The van der Waals surface area contributed by atoms with Gasteiger partial charge in [0.05, 0.1) is 17.5 Å². The summed E-state index contributed by atoms with van der Waals surface area (Å²) in [5.74, 6) is -0.0950. The van der Waals surface area contributed by atoms with Crippen LogP contribution in [0, 0.1) is 17.8 Å². The van der Waals surface area contributed by atoms with Crippen molar-refractivity contribution in [3.63, 3.8) is 0 Å². The van der Waals surface area contributed by atoms with Crippen molar-refractivity contribution in [2.24, 2.45) is 17.8 Å². The van der Waals surface area contributed by atoms with Crippen molar-refractivity contribution < 1.29 is 19.1 Å². The number of imide groups is 1. The Morgan fingerprint density at radius 1 is 0.964 bits per heavy atom. The van der Waals surface area contributed by atoms with Crippen molar-refractivity contribution >= 4 is 23.3 Å². The average Bonchev–Trinajstić information content (AvgIpc) is 2.96. The molecule has 2 aromatic rings. The number of para-hydroxylation sites is 2. The van der Waals surface area contributed by atoms with Crippen LogP contribution >= 0.6 is 0 Å². The molecule has 1 aliphatic carbocycles. The van der Waals surface area contributed by atoms with Crippen LogP contribution in [0.15, 0.2) is 54.6 Å². The van der Waals surface area contributed by atoms with Gasteiger partial charge >= 0.3 is 0 Å². The number of carbonyl (C=O) groups is 3. The fourth-order valence-corrected chi connectivity index (χ4v) is 4.24. The van der Waals surface area contributed by atoms with E-state index in [2.05, 4.69) is 6.92 Å². The Bertz CT molecular complexity index is 908. The molecule has 1 heterocycles. The number of ketones is 1. The predicted octanol–water partition coefficient (Wildman–Crippen LogP) is 3.87. The zero-order chi connectivity index (χ0) is 19.7. The van der Waals surface area contributed by atoms with Crippen LogP contribution in [0.3, 0.4) is 0 Å². The van der Waals surface area contributed by atoms with Crippen molar-refractivity contribution in [2.45, 2.75) is 26.2 Å². The zero-order valence-corrected chi connectivity index (χ0v) is 15.8. The normalized spacial score (nSPS) is 24.2. The molecule has 2 amide bonds. The minimum Gasteiger partial charge on any atom is -0.483 e. The standard InChI is InChI=1S/C23H23NO4/c1-15-11-12-17-18(13-15)23(27)24(22(17)26)19-9-5-6-10-21(19)28-14-20(25)16-7-3-2-4-8-16/h2-10,15,17-18H,11-14H2,1H3/t15-,17+,18-/m1/s1. The van der Waals surface area contributed by atoms with Crippen LogP contribution in [-0.4, -0.2) is 24.2 Å². The summed E-state index contributed by atoms with van der Waals surface area (Å²) in [5.41, 5.74) is 0.994. The van der Waals surface area contributed by atoms with Gasteiger partial charge in [0.15, 0.2) is 12.4 Å². The van der Waals surface area contributed by atoms with Gasteiger partial charge in [-0.2, -0.15) is 0 Å². The van der Waals surface area contributed by atoms with Gasteiger partial charge < -0.3 is 4.74 Å². The van der Waals surface area contributed by atoms with E-state index in [0.717, 1.165) is 19.3 Å². The maximum absolute atomic E-state index is 13.0. The highest BCUT2D eigenvalue weighted by molar-refractivity contribution is 6.22. The molecule has 2 aromatic carbocycles. The van der Waals surface area contributed by atoms with E-state index in [4.69, 9.17) is 4.74 Å². The SMILES string of the molecule is C[C@@H]1CC[C@@H]2C(=O)N(c3ccccc3OCC(=O)c3ccccc3)C(=O)[C@@H]2C1. The highest BCUT2D eigenvalue weighted by Gasteiger charge is 2.50. The molecule has 0 unspecified atom stereocenters. The van der Waals surface area contributed by atoms with E-state index in [1.54, 1.807) is 48.5 Å². The van der Waals surface area contributed by atoms with Gasteiger partial charge in [-0.1, -0.05) is 49.4 Å². The molecule has 0 radical (unpaired) electrons. The number of hydrogen-bond acceptors (Lipinski definition) is 4. The minimum atomic E-state index is -0.241. The summed E-state index contributed by atoms with van der Waals surface area (Å²) in [6, 6.07) is 15.8. The Hall–Kier alpha value is -2.95. The van der Waals surface area contributed by atoms with Gasteiger partial charge in [0, 0.05) is 5.56 Å². The monoisotopic (exact) mass is 377 g/mol. The maximum atomic E-state index is 13.0. The molecular formula is C23H23NO4. The molecule has 2 fully saturated rings. The van der Waals surface area contributed by atoms with E-state index in [1.165, 1.54) is 4.90 Å². The lowest BCUT2D eigenvalue weighted by molar-refractivity contribution is -0.122. The molecule has 28 heavy (non-hydrogen) atoms. The third-order valence-electron chi connectivity index (χ3n) is 5.75. The lowest BCUT2D eigenvalue weighted by atomic mass is 9.76. The van der Waals surface area contributed by atoms with Gasteiger partial charge in [-0.25, -0.2) is 4.90 Å². The molecule has 1 saturated heterocycles. The van der Waals surface area contributed by atoms with E-state index >= 15 is 0 Å². The first-order chi connectivity index (χ1) is 13.6. The molecular weight excluding hydrogens is 354 g/mol. The highest BCUT2D eigenvalue weighted by atomic mass is 16.5. The third kappa shape index (κ3) is 3.33. The van der Waals surface area contributed by atoms with Gasteiger partial charge in [0.25, 0.3) is 0 Å². The van der Waals surface area contributed by atoms with Crippen molar-refractivity contribution in [1.82, 2.24) is 0 Å². The number of rotatable bonds is 5. The molecule has 2 aliphatic rings. The van der Waals surface area contributed by atoms with E-state index in [9.17, 15) is 14.4 Å². The van der Waals surface area contributed by atoms with Gasteiger partial charge in [-0.3, -0.25) is 14.4 Å². The lowest BCUT2D eigenvalue weighted by Crippen LogP contribution is -2.31. The van der Waals surface area contributed by atoms with Crippen LogP contribution in [-0.2, 0) is 9.59 Å². The summed E-state index contributed by atoms with van der Waals surface area (Å²) >= 11 is 0. The summed E-state index contributed by atoms with van der Waals surface area (Å²) in [6.45, 7) is 1.98. The Labute approximate surface area is 164 Å².